The first-order valence-electron chi connectivity index (χ1n) is 11.3. The van der Waals surface area contributed by atoms with Gasteiger partial charge < -0.3 is 24.9 Å². The van der Waals surface area contributed by atoms with Crippen LogP contribution in [0.2, 0.25) is 0 Å². The normalized spacial score (nSPS) is 15.3. The summed E-state index contributed by atoms with van der Waals surface area (Å²) in [6.45, 7) is 0.0409. The van der Waals surface area contributed by atoms with Crippen molar-refractivity contribution in [2.75, 3.05) is 20.8 Å². The fourth-order valence-corrected chi connectivity index (χ4v) is 5.30. The molecule has 4 rings (SSSR count). The molecule has 1 atom stereocenters. The van der Waals surface area contributed by atoms with Crippen molar-refractivity contribution in [3.8, 4) is 11.5 Å². The highest BCUT2D eigenvalue weighted by Crippen LogP contribution is 2.34. The Bertz CT molecular complexity index is 1400. The van der Waals surface area contributed by atoms with Crippen molar-refractivity contribution in [3.63, 3.8) is 0 Å². The number of rotatable bonds is 10. The summed E-state index contributed by atoms with van der Waals surface area (Å²) < 4.78 is 10.9. The van der Waals surface area contributed by atoms with E-state index >= 15 is 0 Å². The maximum Gasteiger partial charge on any atom is 0.326 e. The maximum absolute atomic E-state index is 12.9. The molecule has 2 amide bonds. The Labute approximate surface area is 222 Å². The zero-order valence-corrected chi connectivity index (χ0v) is 21.8. The van der Waals surface area contributed by atoms with Crippen molar-refractivity contribution < 1.29 is 29.0 Å². The molecule has 0 saturated carbocycles. The number of fused-ring (bicyclic) bond motifs is 1. The number of amides is 2. The molecule has 1 aromatic heterocycles. The van der Waals surface area contributed by atoms with Gasteiger partial charge in [-0.3, -0.25) is 14.5 Å². The summed E-state index contributed by atoms with van der Waals surface area (Å²) in [6, 6.07) is 11.7. The Balaban J connectivity index is 1.38. The second kappa shape index (κ2) is 11.5. The third kappa shape index (κ3) is 5.95. The summed E-state index contributed by atoms with van der Waals surface area (Å²) in [7, 11) is 3.07. The molecule has 3 N–H and O–H groups in total. The van der Waals surface area contributed by atoms with E-state index in [1.165, 1.54) is 12.0 Å². The van der Waals surface area contributed by atoms with Crippen molar-refractivity contribution in [2.45, 2.75) is 18.9 Å². The van der Waals surface area contributed by atoms with E-state index in [4.69, 9.17) is 21.7 Å². The lowest BCUT2D eigenvalue weighted by atomic mass is 10.0. The maximum atomic E-state index is 12.9. The Hall–Kier alpha value is -3.83. The van der Waals surface area contributed by atoms with Crippen LogP contribution in [0.3, 0.4) is 0 Å². The number of ether oxygens (including phenoxy) is 2. The zero-order chi connectivity index (χ0) is 26.5. The number of hydrogen-bond donors (Lipinski definition) is 3. The molecular formula is C26H25N3O6S2. The van der Waals surface area contributed by atoms with Crippen LogP contribution in [0.5, 0.6) is 11.5 Å². The Morgan fingerprint density at radius 1 is 1.19 bits per heavy atom. The van der Waals surface area contributed by atoms with Crippen molar-refractivity contribution >= 4 is 63.1 Å². The Morgan fingerprint density at radius 2 is 1.95 bits per heavy atom. The van der Waals surface area contributed by atoms with E-state index in [2.05, 4.69) is 10.3 Å². The lowest BCUT2D eigenvalue weighted by Gasteiger charge is -2.17. The molecule has 1 aliphatic heterocycles. The molecule has 0 unspecified atom stereocenters. The minimum atomic E-state index is -1.14. The monoisotopic (exact) mass is 539 g/mol. The molecule has 11 heteroatoms. The van der Waals surface area contributed by atoms with E-state index < -0.39 is 17.9 Å². The first-order valence-corrected chi connectivity index (χ1v) is 12.6. The number of carboxylic acids is 1. The first kappa shape index (κ1) is 26.2. The molecule has 0 radical (unpaired) electrons. The van der Waals surface area contributed by atoms with Crippen LogP contribution in [-0.4, -0.2) is 63.9 Å². The minimum absolute atomic E-state index is 0.0409. The van der Waals surface area contributed by atoms with Gasteiger partial charge in [-0.2, -0.15) is 0 Å². The second-order valence-corrected chi connectivity index (χ2v) is 9.90. The Kier molecular flexibility index (Phi) is 8.14. The fraction of sp³-hybridized carbons (Fsp3) is 0.231. The smallest absolute Gasteiger partial charge is 0.326 e. The van der Waals surface area contributed by atoms with Crippen molar-refractivity contribution in [1.82, 2.24) is 15.2 Å². The molecule has 1 fully saturated rings. The average molecular weight is 540 g/mol. The highest BCUT2D eigenvalue weighted by molar-refractivity contribution is 8.26. The number of methoxy groups -OCH3 is 2. The van der Waals surface area contributed by atoms with Crippen LogP contribution in [0.15, 0.2) is 53.6 Å². The van der Waals surface area contributed by atoms with Crippen molar-refractivity contribution in [2.24, 2.45) is 0 Å². The first-order chi connectivity index (χ1) is 17.8. The van der Waals surface area contributed by atoms with E-state index in [9.17, 15) is 19.5 Å². The summed E-state index contributed by atoms with van der Waals surface area (Å²) in [5.74, 6) is -0.829. The number of aliphatic carboxylic acids is 1. The van der Waals surface area contributed by atoms with Crippen LogP contribution in [0, 0.1) is 0 Å². The minimum Gasteiger partial charge on any atom is -0.493 e. The van der Waals surface area contributed by atoms with Gasteiger partial charge in [-0.05, 0) is 35.4 Å². The number of carbonyl (C=O) groups excluding carboxylic acids is 2. The number of nitrogens with one attached hydrogen (secondary N) is 2. The molecule has 3 aromatic rings. The van der Waals surface area contributed by atoms with Gasteiger partial charge in [0, 0.05) is 36.5 Å². The number of aromatic nitrogens is 1. The topological polar surface area (TPSA) is 121 Å². The highest BCUT2D eigenvalue weighted by atomic mass is 32.2. The van der Waals surface area contributed by atoms with Crippen LogP contribution in [0.4, 0.5) is 0 Å². The second-order valence-electron chi connectivity index (χ2n) is 8.22. The summed E-state index contributed by atoms with van der Waals surface area (Å²) in [5.41, 5.74) is 2.42. The molecule has 37 heavy (non-hydrogen) atoms. The van der Waals surface area contributed by atoms with Crippen LogP contribution in [0.25, 0.3) is 17.0 Å². The van der Waals surface area contributed by atoms with Gasteiger partial charge in [-0.15, -0.1) is 0 Å². The van der Waals surface area contributed by atoms with Crippen molar-refractivity contribution in [3.05, 3.63) is 64.7 Å². The lowest BCUT2D eigenvalue weighted by molar-refractivity contribution is -0.141. The SMILES string of the molecule is COc1ccc(/C=C2/SC(=S)N(CCC(=O)N[C@@H](Cc3c[nH]c4ccccc34)C(=O)O)C2=O)cc1OC. The van der Waals surface area contributed by atoms with Gasteiger partial charge in [-0.1, -0.05) is 48.2 Å². The summed E-state index contributed by atoms with van der Waals surface area (Å²) in [6.07, 6.45) is 3.48. The van der Waals surface area contributed by atoms with Crippen LogP contribution >= 0.6 is 24.0 Å². The van der Waals surface area contributed by atoms with E-state index in [-0.39, 0.29) is 25.3 Å². The van der Waals surface area contributed by atoms with Gasteiger partial charge >= 0.3 is 5.97 Å². The highest BCUT2D eigenvalue weighted by Gasteiger charge is 2.32. The summed E-state index contributed by atoms with van der Waals surface area (Å²) in [5, 5.41) is 13.1. The number of carbonyl (C=O) groups is 3. The largest absolute Gasteiger partial charge is 0.493 e. The predicted molar refractivity (Wildman–Crippen MR) is 146 cm³/mol. The van der Waals surface area contributed by atoms with Gasteiger partial charge in [0.2, 0.25) is 5.91 Å². The molecule has 0 aliphatic carbocycles. The number of para-hydroxylation sites is 1. The fourth-order valence-electron chi connectivity index (χ4n) is 3.99. The van der Waals surface area contributed by atoms with E-state index in [1.807, 2.05) is 24.3 Å². The standard InChI is InChI=1S/C26H25N3O6S2/c1-34-20-8-7-15(11-21(20)35-2)12-22-24(31)29(26(36)37-22)10-9-23(30)28-19(25(32)33)13-16-14-27-18-6-4-3-5-17(16)18/h3-8,11-12,14,19,27H,9-10,13H2,1-2H3,(H,28,30)(H,32,33)/b22-12+/t19-/m0/s1. The molecule has 192 valence electrons. The van der Waals surface area contributed by atoms with Crippen molar-refractivity contribution in [1.29, 1.82) is 0 Å². The summed E-state index contributed by atoms with van der Waals surface area (Å²) >= 11 is 6.50. The summed E-state index contributed by atoms with van der Waals surface area (Å²) in [4.78, 5) is 42.3. The quantitative estimate of drug-likeness (QED) is 0.264. The molecule has 9 nitrogen and oxygen atoms in total. The van der Waals surface area contributed by atoms with E-state index in [1.54, 1.807) is 37.6 Å². The van der Waals surface area contributed by atoms with Gasteiger partial charge in [0.1, 0.15) is 10.4 Å². The number of hydrogen-bond acceptors (Lipinski definition) is 7. The van der Waals surface area contributed by atoms with Crippen LogP contribution < -0.4 is 14.8 Å². The third-order valence-electron chi connectivity index (χ3n) is 5.87. The lowest BCUT2D eigenvalue weighted by Crippen LogP contribution is -2.43. The molecule has 0 bridgehead atoms. The number of benzene rings is 2. The van der Waals surface area contributed by atoms with Gasteiger partial charge in [-0.25, -0.2) is 4.79 Å². The Morgan fingerprint density at radius 3 is 2.68 bits per heavy atom. The number of H-pyrrole nitrogens is 1. The van der Waals surface area contributed by atoms with Gasteiger partial charge in [0.25, 0.3) is 5.91 Å². The van der Waals surface area contributed by atoms with Crippen LogP contribution in [-0.2, 0) is 20.8 Å². The van der Waals surface area contributed by atoms with E-state index in [0.717, 1.165) is 33.8 Å². The molecular weight excluding hydrogens is 514 g/mol. The van der Waals surface area contributed by atoms with E-state index in [0.29, 0.717) is 20.7 Å². The number of thioether (sulfide) groups is 1. The third-order valence-corrected chi connectivity index (χ3v) is 7.25. The molecule has 2 aromatic carbocycles. The number of carboxylic acid groups (broad SMARTS) is 1. The average Bonchev–Trinajstić information content (AvgIpc) is 3.41. The molecule has 1 saturated heterocycles. The zero-order valence-electron chi connectivity index (χ0n) is 20.1. The molecule has 0 spiro atoms. The predicted octanol–water partition coefficient (Wildman–Crippen LogP) is 3.59. The molecule has 2 heterocycles. The number of thiocarbonyl (C=S) groups is 1. The number of nitrogens with zero attached hydrogens (tertiary/aromatic N) is 1. The number of aromatic amines is 1. The van der Waals surface area contributed by atoms with Crippen LogP contribution in [0.1, 0.15) is 17.5 Å². The van der Waals surface area contributed by atoms with Gasteiger partial charge in [0.15, 0.2) is 11.5 Å². The van der Waals surface area contributed by atoms with Gasteiger partial charge in [0.05, 0.1) is 19.1 Å². The molecule has 1 aliphatic rings.